The first-order valence-corrected chi connectivity index (χ1v) is 6.53. The molecule has 2 aromatic heterocycles. The lowest BCUT2D eigenvalue weighted by molar-refractivity contribution is 0.417. The van der Waals surface area contributed by atoms with Crippen LogP contribution < -0.4 is 5.32 Å². The van der Waals surface area contributed by atoms with Gasteiger partial charge in [-0.05, 0) is 48.3 Å². The van der Waals surface area contributed by atoms with Gasteiger partial charge < -0.3 is 9.73 Å². The molecular weight excluding hydrogens is 271 g/mol. The number of likely N-dealkylation sites (N-methyl/N-ethyl adjacent to an activating group) is 1. The standard InChI is InChI=1S/C13H14Cl2N2O/c1-2-17-11(12-3-4-13(15)18-12)7-9-5-6-16-8-10(9)14/h3-6,8,11,17H,2,7H2,1H3. The average Bonchev–Trinajstić information content (AvgIpc) is 2.78. The molecule has 1 atom stereocenters. The molecule has 0 spiro atoms. The maximum Gasteiger partial charge on any atom is 0.193 e. The van der Waals surface area contributed by atoms with E-state index >= 15 is 0 Å². The van der Waals surface area contributed by atoms with Crippen molar-refractivity contribution >= 4 is 23.2 Å². The van der Waals surface area contributed by atoms with Crippen LogP contribution in [0.4, 0.5) is 0 Å². The Balaban J connectivity index is 2.19. The van der Waals surface area contributed by atoms with E-state index in [4.69, 9.17) is 27.6 Å². The van der Waals surface area contributed by atoms with Crippen LogP contribution in [0, 0.1) is 0 Å². The Hall–Kier alpha value is -1.03. The van der Waals surface area contributed by atoms with Gasteiger partial charge in [-0.2, -0.15) is 0 Å². The lowest BCUT2D eigenvalue weighted by Gasteiger charge is -2.16. The number of hydrogen-bond donors (Lipinski definition) is 1. The van der Waals surface area contributed by atoms with Gasteiger partial charge in [0.25, 0.3) is 0 Å². The van der Waals surface area contributed by atoms with Crippen molar-refractivity contribution in [3.63, 3.8) is 0 Å². The van der Waals surface area contributed by atoms with Crippen molar-refractivity contribution in [3.05, 3.63) is 52.2 Å². The third kappa shape index (κ3) is 3.25. The summed E-state index contributed by atoms with van der Waals surface area (Å²) < 4.78 is 5.45. The third-order valence-corrected chi connectivity index (χ3v) is 3.21. The summed E-state index contributed by atoms with van der Waals surface area (Å²) >= 11 is 11.9. The minimum absolute atomic E-state index is 0.0578. The Morgan fingerprint density at radius 1 is 1.33 bits per heavy atom. The number of aromatic nitrogens is 1. The van der Waals surface area contributed by atoms with E-state index in [9.17, 15) is 0 Å². The van der Waals surface area contributed by atoms with E-state index in [-0.39, 0.29) is 6.04 Å². The summed E-state index contributed by atoms with van der Waals surface area (Å²) in [4.78, 5) is 3.98. The molecule has 2 heterocycles. The number of furan rings is 1. The highest BCUT2D eigenvalue weighted by Gasteiger charge is 2.16. The number of nitrogens with zero attached hydrogens (tertiary/aromatic N) is 1. The molecule has 5 heteroatoms. The Kier molecular flexibility index (Phi) is 4.64. The van der Waals surface area contributed by atoms with Gasteiger partial charge in [-0.1, -0.05) is 18.5 Å². The van der Waals surface area contributed by atoms with Crippen LogP contribution in [0.5, 0.6) is 0 Å². The molecule has 1 N–H and O–H groups in total. The van der Waals surface area contributed by atoms with E-state index in [2.05, 4.69) is 10.3 Å². The topological polar surface area (TPSA) is 38.1 Å². The molecule has 0 amide bonds. The van der Waals surface area contributed by atoms with E-state index in [0.717, 1.165) is 24.3 Å². The fourth-order valence-corrected chi connectivity index (χ4v) is 2.17. The fourth-order valence-electron chi connectivity index (χ4n) is 1.82. The van der Waals surface area contributed by atoms with Crippen LogP contribution in [0.3, 0.4) is 0 Å². The van der Waals surface area contributed by atoms with E-state index in [1.165, 1.54) is 0 Å². The molecule has 18 heavy (non-hydrogen) atoms. The molecule has 2 aromatic rings. The molecule has 0 bridgehead atoms. The van der Waals surface area contributed by atoms with Crippen molar-refractivity contribution < 1.29 is 4.42 Å². The van der Waals surface area contributed by atoms with Gasteiger partial charge in [-0.3, -0.25) is 4.98 Å². The zero-order valence-electron chi connectivity index (χ0n) is 9.99. The van der Waals surface area contributed by atoms with E-state index in [0.29, 0.717) is 10.2 Å². The van der Waals surface area contributed by atoms with Gasteiger partial charge >= 0.3 is 0 Å². The molecule has 0 radical (unpaired) electrons. The van der Waals surface area contributed by atoms with Crippen molar-refractivity contribution in [2.45, 2.75) is 19.4 Å². The second-order valence-electron chi connectivity index (χ2n) is 3.92. The van der Waals surface area contributed by atoms with E-state index in [1.807, 2.05) is 19.1 Å². The number of rotatable bonds is 5. The molecule has 0 aliphatic carbocycles. The molecule has 1 unspecified atom stereocenters. The molecule has 0 saturated carbocycles. The summed E-state index contributed by atoms with van der Waals surface area (Å²) in [6.45, 7) is 2.89. The minimum atomic E-state index is 0.0578. The Bertz CT molecular complexity index is 513. The molecule has 0 fully saturated rings. The van der Waals surface area contributed by atoms with Crippen LogP contribution in [-0.4, -0.2) is 11.5 Å². The number of pyridine rings is 1. The van der Waals surface area contributed by atoms with Gasteiger partial charge in [0.15, 0.2) is 5.22 Å². The number of halogens is 2. The Morgan fingerprint density at radius 2 is 2.17 bits per heavy atom. The summed E-state index contributed by atoms with van der Waals surface area (Å²) in [5, 5.41) is 4.42. The molecule has 96 valence electrons. The Morgan fingerprint density at radius 3 is 2.78 bits per heavy atom. The maximum absolute atomic E-state index is 6.11. The SMILES string of the molecule is CCNC(Cc1ccncc1Cl)c1ccc(Cl)o1. The molecular formula is C13H14Cl2N2O. The van der Waals surface area contributed by atoms with Gasteiger partial charge in [0.2, 0.25) is 0 Å². The zero-order valence-corrected chi connectivity index (χ0v) is 11.5. The van der Waals surface area contributed by atoms with Crippen molar-refractivity contribution in [3.8, 4) is 0 Å². The van der Waals surface area contributed by atoms with Gasteiger partial charge in [0.05, 0.1) is 11.1 Å². The van der Waals surface area contributed by atoms with Crippen molar-refractivity contribution in [2.75, 3.05) is 6.54 Å². The fraction of sp³-hybridized carbons (Fsp3) is 0.308. The average molecular weight is 285 g/mol. The normalized spacial score (nSPS) is 12.6. The van der Waals surface area contributed by atoms with Crippen molar-refractivity contribution in [1.29, 1.82) is 0 Å². The van der Waals surface area contributed by atoms with Crippen LogP contribution in [0.15, 0.2) is 35.0 Å². The molecule has 0 aliphatic rings. The maximum atomic E-state index is 6.11. The smallest absolute Gasteiger partial charge is 0.193 e. The summed E-state index contributed by atoms with van der Waals surface area (Å²) in [6, 6.07) is 5.60. The first-order chi connectivity index (χ1) is 8.70. The molecule has 0 aromatic carbocycles. The summed E-state index contributed by atoms with van der Waals surface area (Å²) in [5.41, 5.74) is 1.03. The third-order valence-electron chi connectivity index (χ3n) is 2.67. The van der Waals surface area contributed by atoms with E-state index < -0.39 is 0 Å². The van der Waals surface area contributed by atoms with Gasteiger partial charge in [-0.25, -0.2) is 0 Å². The highest BCUT2D eigenvalue weighted by molar-refractivity contribution is 6.31. The quantitative estimate of drug-likeness (QED) is 0.906. The van der Waals surface area contributed by atoms with Gasteiger partial charge in [0, 0.05) is 12.4 Å². The summed E-state index contributed by atoms with van der Waals surface area (Å²) in [5.74, 6) is 0.815. The molecule has 3 nitrogen and oxygen atoms in total. The monoisotopic (exact) mass is 284 g/mol. The van der Waals surface area contributed by atoms with Crippen LogP contribution in [0.25, 0.3) is 0 Å². The van der Waals surface area contributed by atoms with Crippen LogP contribution in [0.1, 0.15) is 24.3 Å². The van der Waals surface area contributed by atoms with E-state index in [1.54, 1.807) is 18.5 Å². The predicted octanol–water partition coefficient (Wildman–Crippen LogP) is 3.87. The minimum Gasteiger partial charge on any atom is -0.448 e. The van der Waals surface area contributed by atoms with Crippen LogP contribution in [-0.2, 0) is 6.42 Å². The lowest BCUT2D eigenvalue weighted by atomic mass is 10.1. The first kappa shape index (κ1) is 13.4. The highest BCUT2D eigenvalue weighted by Crippen LogP contribution is 2.25. The molecule has 0 saturated heterocycles. The van der Waals surface area contributed by atoms with Crippen LogP contribution >= 0.6 is 23.2 Å². The molecule has 0 aliphatic heterocycles. The lowest BCUT2D eigenvalue weighted by Crippen LogP contribution is -2.22. The van der Waals surface area contributed by atoms with Gasteiger partial charge in [-0.15, -0.1) is 0 Å². The second kappa shape index (κ2) is 6.23. The highest BCUT2D eigenvalue weighted by atomic mass is 35.5. The van der Waals surface area contributed by atoms with Gasteiger partial charge in [0.1, 0.15) is 5.76 Å². The Labute approximate surface area is 116 Å². The second-order valence-corrected chi connectivity index (χ2v) is 4.70. The largest absolute Gasteiger partial charge is 0.448 e. The summed E-state index contributed by atoms with van der Waals surface area (Å²) in [6.07, 6.45) is 4.12. The zero-order chi connectivity index (χ0) is 13.0. The number of nitrogens with one attached hydrogen (secondary N) is 1. The van der Waals surface area contributed by atoms with Crippen molar-refractivity contribution in [2.24, 2.45) is 0 Å². The number of hydrogen-bond acceptors (Lipinski definition) is 3. The molecule has 2 rings (SSSR count). The first-order valence-electron chi connectivity index (χ1n) is 5.77. The van der Waals surface area contributed by atoms with Crippen LogP contribution in [0.2, 0.25) is 10.2 Å². The van der Waals surface area contributed by atoms with Crippen molar-refractivity contribution in [1.82, 2.24) is 10.3 Å². The predicted molar refractivity (Wildman–Crippen MR) is 73.1 cm³/mol. The summed E-state index contributed by atoms with van der Waals surface area (Å²) in [7, 11) is 0.